The standard InChI is InChI=1S/C17H23NS/c18-15-2-1-3-16(7-15)19-11-17-8-12-4-13(9-17)6-14(5-12)10-17/h1-3,7,12-14H,4-6,8-11,18H2. The van der Waals surface area contributed by atoms with Crippen LogP contribution in [0, 0.1) is 23.2 Å². The Hall–Kier alpha value is -0.630. The SMILES string of the molecule is Nc1cccc(SCC23CC4CC(CC(C4)C2)C3)c1. The first-order valence-electron chi connectivity index (χ1n) is 7.69. The highest BCUT2D eigenvalue weighted by molar-refractivity contribution is 7.99. The molecular weight excluding hydrogens is 250 g/mol. The van der Waals surface area contributed by atoms with Gasteiger partial charge in [-0.1, -0.05) is 6.07 Å². The maximum absolute atomic E-state index is 5.88. The molecule has 4 fully saturated rings. The second-order valence-corrected chi connectivity index (χ2v) is 8.33. The van der Waals surface area contributed by atoms with Crippen molar-refractivity contribution in [3.05, 3.63) is 24.3 Å². The summed E-state index contributed by atoms with van der Waals surface area (Å²) in [6.45, 7) is 0. The summed E-state index contributed by atoms with van der Waals surface area (Å²) in [5, 5.41) is 0. The third-order valence-electron chi connectivity index (χ3n) is 5.57. The molecule has 1 aromatic carbocycles. The maximum Gasteiger partial charge on any atom is 0.0325 e. The van der Waals surface area contributed by atoms with Crippen LogP contribution in [0.4, 0.5) is 5.69 Å². The number of thioether (sulfide) groups is 1. The maximum atomic E-state index is 5.88. The van der Waals surface area contributed by atoms with E-state index in [4.69, 9.17) is 5.73 Å². The summed E-state index contributed by atoms with van der Waals surface area (Å²) in [6, 6.07) is 8.40. The van der Waals surface area contributed by atoms with E-state index in [1.54, 1.807) is 19.3 Å². The summed E-state index contributed by atoms with van der Waals surface area (Å²) in [6.07, 6.45) is 9.16. The smallest absolute Gasteiger partial charge is 0.0325 e. The lowest BCUT2D eigenvalue weighted by Crippen LogP contribution is -2.47. The Balaban J connectivity index is 1.48. The topological polar surface area (TPSA) is 26.0 Å². The lowest BCUT2D eigenvalue weighted by molar-refractivity contribution is -0.0381. The molecule has 102 valence electrons. The highest BCUT2D eigenvalue weighted by Crippen LogP contribution is 2.61. The van der Waals surface area contributed by atoms with Crippen molar-refractivity contribution in [1.29, 1.82) is 0 Å². The van der Waals surface area contributed by atoms with Crippen LogP contribution in [0.2, 0.25) is 0 Å². The molecule has 0 aliphatic heterocycles. The normalized spacial score (nSPS) is 39.7. The summed E-state index contributed by atoms with van der Waals surface area (Å²) in [5.41, 5.74) is 7.45. The zero-order valence-electron chi connectivity index (χ0n) is 11.5. The van der Waals surface area contributed by atoms with Gasteiger partial charge in [0.2, 0.25) is 0 Å². The predicted molar refractivity (Wildman–Crippen MR) is 82.2 cm³/mol. The third-order valence-corrected chi connectivity index (χ3v) is 6.91. The van der Waals surface area contributed by atoms with Crippen molar-refractivity contribution in [3.8, 4) is 0 Å². The second kappa shape index (κ2) is 4.44. The molecule has 0 heterocycles. The fraction of sp³-hybridized carbons (Fsp3) is 0.647. The van der Waals surface area contributed by atoms with Crippen LogP contribution in [0.15, 0.2) is 29.2 Å². The van der Waals surface area contributed by atoms with Crippen molar-refractivity contribution in [2.75, 3.05) is 11.5 Å². The number of hydrogen-bond acceptors (Lipinski definition) is 2. The molecule has 4 aliphatic carbocycles. The average molecular weight is 273 g/mol. The number of nitrogen functional groups attached to an aromatic ring is 1. The van der Waals surface area contributed by atoms with Gasteiger partial charge in [0.05, 0.1) is 0 Å². The zero-order chi connectivity index (χ0) is 12.9. The molecule has 0 amide bonds. The average Bonchev–Trinajstić information content (AvgIpc) is 2.35. The first-order chi connectivity index (χ1) is 9.21. The summed E-state index contributed by atoms with van der Waals surface area (Å²) in [4.78, 5) is 1.36. The number of rotatable bonds is 3. The largest absolute Gasteiger partial charge is 0.399 e. The van der Waals surface area contributed by atoms with Gasteiger partial charge in [-0.3, -0.25) is 0 Å². The van der Waals surface area contributed by atoms with E-state index in [1.165, 1.54) is 29.9 Å². The molecular formula is C17H23NS. The van der Waals surface area contributed by atoms with Crippen LogP contribution < -0.4 is 5.73 Å². The molecule has 0 spiro atoms. The van der Waals surface area contributed by atoms with E-state index >= 15 is 0 Å². The molecule has 0 saturated heterocycles. The van der Waals surface area contributed by atoms with Crippen LogP contribution in [0.1, 0.15) is 38.5 Å². The molecule has 4 aliphatic rings. The predicted octanol–water partition coefficient (Wildman–Crippen LogP) is 4.58. The number of benzene rings is 1. The summed E-state index contributed by atoms with van der Waals surface area (Å²) < 4.78 is 0. The van der Waals surface area contributed by atoms with Gasteiger partial charge in [0, 0.05) is 16.3 Å². The monoisotopic (exact) mass is 273 g/mol. The lowest BCUT2D eigenvalue weighted by atomic mass is 9.50. The van der Waals surface area contributed by atoms with Crippen molar-refractivity contribution >= 4 is 17.4 Å². The van der Waals surface area contributed by atoms with Crippen LogP contribution in [0.25, 0.3) is 0 Å². The third kappa shape index (κ3) is 2.29. The Morgan fingerprint density at radius 2 is 1.68 bits per heavy atom. The minimum absolute atomic E-state index is 0.671. The van der Waals surface area contributed by atoms with Gasteiger partial charge < -0.3 is 5.73 Å². The van der Waals surface area contributed by atoms with Crippen molar-refractivity contribution in [2.45, 2.75) is 43.4 Å². The Kier molecular flexibility index (Phi) is 2.84. The van der Waals surface area contributed by atoms with Gasteiger partial charge in [-0.25, -0.2) is 0 Å². The molecule has 1 aromatic rings. The summed E-state index contributed by atoms with van der Waals surface area (Å²) >= 11 is 2.04. The van der Waals surface area contributed by atoms with Gasteiger partial charge in [-0.15, -0.1) is 11.8 Å². The van der Waals surface area contributed by atoms with Crippen LogP contribution >= 0.6 is 11.8 Å². The molecule has 2 heteroatoms. The molecule has 4 bridgehead atoms. The van der Waals surface area contributed by atoms with E-state index in [0.29, 0.717) is 5.41 Å². The van der Waals surface area contributed by atoms with Crippen molar-refractivity contribution < 1.29 is 0 Å². The van der Waals surface area contributed by atoms with E-state index in [9.17, 15) is 0 Å². The second-order valence-electron chi connectivity index (χ2n) is 7.28. The molecule has 4 saturated carbocycles. The molecule has 0 unspecified atom stereocenters. The fourth-order valence-electron chi connectivity index (χ4n) is 5.31. The van der Waals surface area contributed by atoms with Crippen LogP contribution in [0.5, 0.6) is 0 Å². The fourth-order valence-corrected chi connectivity index (χ4v) is 6.53. The van der Waals surface area contributed by atoms with Crippen LogP contribution in [-0.2, 0) is 0 Å². The minimum atomic E-state index is 0.671. The molecule has 1 nitrogen and oxygen atoms in total. The molecule has 2 N–H and O–H groups in total. The summed E-state index contributed by atoms with van der Waals surface area (Å²) in [7, 11) is 0. The number of anilines is 1. The Labute approximate surface area is 120 Å². The Morgan fingerprint density at radius 3 is 2.26 bits per heavy atom. The first kappa shape index (κ1) is 12.1. The van der Waals surface area contributed by atoms with Crippen molar-refractivity contribution in [3.63, 3.8) is 0 Å². The molecule has 5 rings (SSSR count). The number of nitrogens with two attached hydrogens (primary N) is 1. The Bertz CT molecular complexity index is 447. The quantitative estimate of drug-likeness (QED) is 0.644. The van der Waals surface area contributed by atoms with E-state index in [0.717, 1.165) is 23.4 Å². The Morgan fingerprint density at radius 1 is 1.05 bits per heavy atom. The van der Waals surface area contributed by atoms with Gasteiger partial charge in [-0.05, 0) is 79.9 Å². The van der Waals surface area contributed by atoms with Gasteiger partial charge in [0.1, 0.15) is 0 Å². The van der Waals surface area contributed by atoms with Crippen LogP contribution in [-0.4, -0.2) is 5.75 Å². The van der Waals surface area contributed by atoms with E-state index in [2.05, 4.69) is 18.2 Å². The molecule has 0 radical (unpaired) electrons. The molecule has 19 heavy (non-hydrogen) atoms. The highest BCUT2D eigenvalue weighted by Gasteiger charge is 2.50. The van der Waals surface area contributed by atoms with E-state index < -0.39 is 0 Å². The number of hydrogen-bond donors (Lipinski definition) is 1. The van der Waals surface area contributed by atoms with Gasteiger partial charge in [-0.2, -0.15) is 0 Å². The molecule has 0 aromatic heterocycles. The zero-order valence-corrected chi connectivity index (χ0v) is 12.3. The first-order valence-corrected chi connectivity index (χ1v) is 8.68. The lowest BCUT2D eigenvalue weighted by Gasteiger charge is -2.56. The van der Waals surface area contributed by atoms with E-state index in [1.807, 2.05) is 17.8 Å². The van der Waals surface area contributed by atoms with Gasteiger partial charge in [0.25, 0.3) is 0 Å². The van der Waals surface area contributed by atoms with Gasteiger partial charge in [0.15, 0.2) is 0 Å². The molecule has 0 atom stereocenters. The van der Waals surface area contributed by atoms with Gasteiger partial charge >= 0.3 is 0 Å². The summed E-state index contributed by atoms with van der Waals surface area (Å²) in [5.74, 6) is 4.51. The highest BCUT2D eigenvalue weighted by atomic mass is 32.2. The van der Waals surface area contributed by atoms with Crippen molar-refractivity contribution in [2.24, 2.45) is 23.2 Å². The van der Waals surface area contributed by atoms with Crippen LogP contribution in [0.3, 0.4) is 0 Å². The van der Waals surface area contributed by atoms with E-state index in [-0.39, 0.29) is 0 Å². The minimum Gasteiger partial charge on any atom is -0.399 e. The van der Waals surface area contributed by atoms with Crippen molar-refractivity contribution in [1.82, 2.24) is 0 Å².